The van der Waals surface area contributed by atoms with Crippen molar-refractivity contribution in [3.05, 3.63) is 53.2 Å². The third kappa shape index (κ3) is 4.60. The quantitative estimate of drug-likeness (QED) is 0.656. The first kappa shape index (κ1) is 20.5. The van der Waals surface area contributed by atoms with E-state index in [9.17, 15) is 4.79 Å². The first-order chi connectivity index (χ1) is 13.9. The molecule has 0 aliphatic carbocycles. The summed E-state index contributed by atoms with van der Waals surface area (Å²) >= 11 is 0. The number of nitrogens with two attached hydrogens (primary N) is 1. The van der Waals surface area contributed by atoms with Crippen LogP contribution < -0.4 is 10.5 Å². The summed E-state index contributed by atoms with van der Waals surface area (Å²) in [6, 6.07) is 10.7. The van der Waals surface area contributed by atoms with E-state index in [1.807, 2.05) is 32.0 Å². The Kier molecular flexibility index (Phi) is 6.23. The predicted molar refractivity (Wildman–Crippen MR) is 111 cm³/mol. The Labute approximate surface area is 169 Å². The Morgan fingerprint density at radius 3 is 2.62 bits per heavy atom. The summed E-state index contributed by atoms with van der Waals surface area (Å²) in [6.45, 7) is 4.54. The molecule has 0 fully saturated rings. The number of rotatable bonds is 7. The molecule has 8 nitrogen and oxygen atoms in total. The van der Waals surface area contributed by atoms with Crippen LogP contribution in [0.3, 0.4) is 0 Å². The number of benzene rings is 1. The number of ether oxygens (including phenoxy) is 2. The van der Waals surface area contributed by atoms with E-state index in [2.05, 4.69) is 15.2 Å². The lowest BCUT2D eigenvalue weighted by molar-refractivity contribution is 0.0538. The van der Waals surface area contributed by atoms with Crippen molar-refractivity contribution in [3.8, 4) is 5.88 Å². The van der Waals surface area contributed by atoms with Crippen molar-refractivity contribution in [3.63, 3.8) is 0 Å². The number of carbonyl (C=O) groups excluding carboxylic acids is 1. The highest BCUT2D eigenvalue weighted by molar-refractivity contribution is 5.98. The molecule has 0 spiro atoms. The summed E-state index contributed by atoms with van der Waals surface area (Å²) in [4.78, 5) is 19.4. The van der Waals surface area contributed by atoms with Crippen molar-refractivity contribution in [1.82, 2.24) is 20.1 Å². The van der Waals surface area contributed by atoms with Crippen molar-refractivity contribution in [2.24, 2.45) is 0 Å². The lowest BCUT2D eigenvalue weighted by atomic mass is 10.1. The third-order valence-corrected chi connectivity index (χ3v) is 4.73. The Balaban J connectivity index is 1.92. The summed E-state index contributed by atoms with van der Waals surface area (Å²) in [5.74, 6) is 0.793. The number of carbonyl (C=O) groups is 1. The number of anilines is 1. The Morgan fingerprint density at radius 2 is 1.97 bits per heavy atom. The number of methoxy groups -OCH3 is 2. The predicted octanol–water partition coefficient (Wildman–Crippen LogP) is 2.60. The standard InChI is InChI=1S/C21H25N5O3/c1-13-9-16-10-15(5-7-18(16)23-20(13)22)21(27)26(14(2)12-28-3)11-17-6-8-19(29-4)25-24-17/h5-10,14H,11-12H2,1-4H3,(H2,22,23)/t14-/m1/s1. The van der Waals surface area contributed by atoms with Crippen LogP contribution in [0.5, 0.6) is 5.88 Å². The van der Waals surface area contributed by atoms with Crippen LogP contribution in [0.4, 0.5) is 5.82 Å². The molecule has 8 heteroatoms. The number of nitrogens with zero attached hydrogens (tertiary/aromatic N) is 4. The van der Waals surface area contributed by atoms with Gasteiger partial charge in [0.15, 0.2) is 0 Å². The zero-order valence-corrected chi connectivity index (χ0v) is 17.0. The molecule has 2 aromatic heterocycles. The van der Waals surface area contributed by atoms with Gasteiger partial charge < -0.3 is 20.1 Å². The normalized spacial score (nSPS) is 12.0. The maximum Gasteiger partial charge on any atom is 0.254 e. The van der Waals surface area contributed by atoms with Crippen molar-refractivity contribution in [2.45, 2.75) is 26.4 Å². The molecule has 29 heavy (non-hydrogen) atoms. The van der Waals surface area contributed by atoms with Gasteiger partial charge in [0.25, 0.3) is 5.91 Å². The van der Waals surface area contributed by atoms with Crippen molar-refractivity contribution >= 4 is 22.6 Å². The van der Waals surface area contributed by atoms with Crippen LogP contribution in [0.2, 0.25) is 0 Å². The van der Waals surface area contributed by atoms with E-state index in [1.54, 1.807) is 30.2 Å². The molecule has 0 bridgehead atoms. The van der Waals surface area contributed by atoms with Crippen LogP contribution in [0.25, 0.3) is 10.9 Å². The van der Waals surface area contributed by atoms with Gasteiger partial charge in [-0.15, -0.1) is 5.10 Å². The number of amides is 1. The molecular weight excluding hydrogens is 370 g/mol. The molecule has 152 valence electrons. The van der Waals surface area contributed by atoms with E-state index in [0.717, 1.165) is 16.5 Å². The summed E-state index contributed by atoms with van der Waals surface area (Å²) in [7, 11) is 3.14. The van der Waals surface area contributed by atoms with Gasteiger partial charge in [-0.05, 0) is 49.7 Å². The van der Waals surface area contributed by atoms with Crippen LogP contribution in [0.1, 0.15) is 28.5 Å². The molecular formula is C21H25N5O3. The van der Waals surface area contributed by atoms with Gasteiger partial charge in [-0.2, -0.15) is 5.10 Å². The molecule has 0 aliphatic heterocycles. The molecule has 2 heterocycles. The van der Waals surface area contributed by atoms with Gasteiger partial charge in [0, 0.05) is 24.1 Å². The maximum absolute atomic E-state index is 13.3. The smallest absolute Gasteiger partial charge is 0.254 e. The molecule has 3 aromatic rings. The fraction of sp³-hybridized carbons (Fsp3) is 0.333. The number of aromatic nitrogens is 3. The second kappa shape index (κ2) is 8.83. The van der Waals surface area contributed by atoms with Crippen molar-refractivity contribution in [2.75, 3.05) is 26.6 Å². The fourth-order valence-electron chi connectivity index (χ4n) is 3.07. The molecule has 0 saturated carbocycles. The molecule has 0 aliphatic rings. The van der Waals surface area contributed by atoms with Crippen LogP contribution >= 0.6 is 0 Å². The maximum atomic E-state index is 13.3. The van der Waals surface area contributed by atoms with E-state index in [4.69, 9.17) is 15.2 Å². The van der Waals surface area contributed by atoms with Crippen LogP contribution in [0.15, 0.2) is 36.4 Å². The zero-order valence-electron chi connectivity index (χ0n) is 17.0. The van der Waals surface area contributed by atoms with Gasteiger partial charge in [0.05, 0.1) is 37.5 Å². The van der Waals surface area contributed by atoms with Gasteiger partial charge in [-0.25, -0.2) is 4.98 Å². The highest BCUT2D eigenvalue weighted by Gasteiger charge is 2.23. The summed E-state index contributed by atoms with van der Waals surface area (Å²) in [5.41, 5.74) is 8.74. The molecule has 1 amide bonds. The lowest BCUT2D eigenvalue weighted by Gasteiger charge is -2.28. The van der Waals surface area contributed by atoms with E-state index in [-0.39, 0.29) is 11.9 Å². The highest BCUT2D eigenvalue weighted by atomic mass is 16.5. The van der Waals surface area contributed by atoms with E-state index >= 15 is 0 Å². The van der Waals surface area contributed by atoms with Crippen LogP contribution in [-0.2, 0) is 11.3 Å². The monoisotopic (exact) mass is 395 g/mol. The minimum atomic E-state index is -0.154. The summed E-state index contributed by atoms with van der Waals surface area (Å²) in [6.07, 6.45) is 0. The second-order valence-electron chi connectivity index (χ2n) is 6.90. The number of hydrogen-bond donors (Lipinski definition) is 1. The topological polar surface area (TPSA) is 103 Å². The fourth-order valence-corrected chi connectivity index (χ4v) is 3.07. The third-order valence-electron chi connectivity index (χ3n) is 4.73. The Bertz CT molecular complexity index is 1010. The van der Waals surface area contributed by atoms with Gasteiger partial charge in [-0.3, -0.25) is 4.79 Å². The minimum absolute atomic E-state index is 0.122. The van der Waals surface area contributed by atoms with Gasteiger partial charge in [-0.1, -0.05) is 0 Å². The van der Waals surface area contributed by atoms with E-state index < -0.39 is 0 Å². The SMILES string of the molecule is COC[C@@H](C)N(Cc1ccc(OC)nn1)C(=O)c1ccc2nc(N)c(C)cc2c1. The molecule has 3 rings (SSSR count). The van der Waals surface area contributed by atoms with Crippen molar-refractivity contribution < 1.29 is 14.3 Å². The minimum Gasteiger partial charge on any atom is -0.480 e. The average molecular weight is 395 g/mol. The molecule has 1 aromatic carbocycles. The zero-order chi connectivity index (χ0) is 21.0. The summed E-state index contributed by atoms with van der Waals surface area (Å²) in [5, 5.41) is 9.00. The van der Waals surface area contributed by atoms with Crippen molar-refractivity contribution in [1.29, 1.82) is 0 Å². The lowest BCUT2D eigenvalue weighted by Crippen LogP contribution is -2.40. The molecule has 1 atom stereocenters. The van der Waals surface area contributed by atoms with Gasteiger partial charge >= 0.3 is 0 Å². The second-order valence-corrected chi connectivity index (χ2v) is 6.90. The van der Waals surface area contributed by atoms with Crippen LogP contribution in [0, 0.1) is 6.92 Å². The summed E-state index contributed by atoms with van der Waals surface area (Å²) < 4.78 is 10.3. The molecule has 2 N–H and O–H groups in total. The number of aryl methyl sites for hydroxylation is 1. The van der Waals surface area contributed by atoms with E-state index in [1.165, 1.54) is 7.11 Å². The Morgan fingerprint density at radius 1 is 1.17 bits per heavy atom. The average Bonchev–Trinajstić information content (AvgIpc) is 2.72. The first-order valence-corrected chi connectivity index (χ1v) is 9.26. The van der Waals surface area contributed by atoms with E-state index in [0.29, 0.717) is 36.1 Å². The number of nitrogen functional groups attached to an aromatic ring is 1. The molecule has 0 radical (unpaired) electrons. The molecule has 0 saturated heterocycles. The van der Waals surface area contributed by atoms with Gasteiger partial charge in [0.2, 0.25) is 5.88 Å². The van der Waals surface area contributed by atoms with Gasteiger partial charge in [0.1, 0.15) is 5.82 Å². The number of hydrogen-bond acceptors (Lipinski definition) is 7. The van der Waals surface area contributed by atoms with Crippen LogP contribution in [-0.4, -0.2) is 52.9 Å². The molecule has 0 unspecified atom stereocenters. The number of fused-ring (bicyclic) bond motifs is 1. The number of pyridine rings is 1. The first-order valence-electron chi connectivity index (χ1n) is 9.26. The highest BCUT2D eigenvalue weighted by Crippen LogP contribution is 2.21. The Hall–Kier alpha value is -3.26. The largest absolute Gasteiger partial charge is 0.480 e.